The first-order valence-corrected chi connectivity index (χ1v) is 6.19. The molecule has 0 aliphatic carbocycles. The van der Waals surface area contributed by atoms with Gasteiger partial charge in [0.2, 0.25) is 0 Å². The van der Waals surface area contributed by atoms with Crippen LogP contribution in [0, 0.1) is 5.82 Å². The Morgan fingerprint density at radius 1 is 1.50 bits per heavy atom. The Morgan fingerprint density at radius 2 is 2.19 bits per heavy atom. The average Bonchev–Trinajstić information content (AvgIpc) is 2.25. The molecule has 0 aromatic heterocycles. The predicted octanol–water partition coefficient (Wildman–Crippen LogP) is 3.65. The Kier molecular flexibility index (Phi) is 5.71. The second-order valence-electron chi connectivity index (χ2n) is 3.93. The second-order valence-corrected chi connectivity index (χ2v) is 5.05. The molecule has 3 heteroatoms. The summed E-state index contributed by atoms with van der Waals surface area (Å²) in [6.45, 7) is 6.60. The fourth-order valence-corrected chi connectivity index (χ4v) is 1.62. The number of aryl methyl sites for hydroxylation is 1. The molecule has 0 amide bonds. The Morgan fingerprint density at radius 3 is 2.81 bits per heavy atom. The topological polar surface area (TPSA) is 12.0 Å². The van der Waals surface area contributed by atoms with Gasteiger partial charge in [0.05, 0.1) is 0 Å². The average molecular weight is 286 g/mol. The first kappa shape index (κ1) is 13.4. The molecule has 1 nitrogen and oxygen atoms in total. The number of benzene rings is 1. The normalized spacial score (nSPS) is 12.4. The van der Waals surface area contributed by atoms with Crippen molar-refractivity contribution in [1.29, 1.82) is 0 Å². The van der Waals surface area contributed by atoms with Gasteiger partial charge in [-0.2, -0.15) is 0 Å². The Bertz CT molecular complexity index is 352. The summed E-state index contributed by atoms with van der Waals surface area (Å²) in [4.78, 5) is 0. The largest absolute Gasteiger partial charge is 0.310 e. The van der Waals surface area contributed by atoms with Gasteiger partial charge < -0.3 is 5.32 Å². The molecule has 1 rings (SSSR count). The molecular formula is C13H17BrFN. The van der Waals surface area contributed by atoms with Crippen molar-refractivity contribution in [1.82, 2.24) is 5.32 Å². The lowest BCUT2D eigenvalue weighted by atomic mass is 10.1. The van der Waals surface area contributed by atoms with E-state index in [1.165, 1.54) is 6.07 Å². The Balaban J connectivity index is 2.34. The van der Waals surface area contributed by atoms with E-state index in [4.69, 9.17) is 0 Å². The van der Waals surface area contributed by atoms with Crippen molar-refractivity contribution < 1.29 is 4.39 Å². The fourth-order valence-electron chi connectivity index (χ4n) is 1.46. The standard InChI is InChI=1S/C13H17BrFN/c1-10(14)9-16-11(2)7-8-12-5-3-4-6-13(12)15/h3-6,11,16H,1,7-9H2,2H3. The second kappa shape index (κ2) is 6.81. The highest BCUT2D eigenvalue weighted by molar-refractivity contribution is 9.11. The molecule has 1 N–H and O–H groups in total. The lowest BCUT2D eigenvalue weighted by Crippen LogP contribution is -2.27. The zero-order chi connectivity index (χ0) is 12.0. The van der Waals surface area contributed by atoms with Crippen molar-refractivity contribution in [3.63, 3.8) is 0 Å². The van der Waals surface area contributed by atoms with Crippen molar-refractivity contribution in [2.24, 2.45) is 0 Å². The SMILES string of the molecule is C=C(Br)CNC(C)CCc1ccccc1F. The van der Waals surface area contributed by atoms with Gasteiger partial charge in [0.25, 0.3) is 0 Å². The molecule has 0 aliphatic heterocycles. The molecule has 1 aromatic carbocycles. The van der Waals surface area contributed by atoms with Gasteiger partial charge in [-0.25, -0.2) is 4.39 Å². The number of halogens is 2. The van der Waals surface area contributed by atoms with E-state index in [1.807, 2.05) is 12.1 Å². The first-order valence-electron chi connectivity index (χ1n) is 5.39. The summed E-state index contributed by atoms with van der Waals surface area (Å²) >= 11 is 3.29. The van der Waals surface area contributed by atoms with Crippen LogP contribution in [-0.4, -0.2) is 12.6 Å². The van der Waals surface area contributed by atoms with E-state index in [9.17, 15) is 4.39 Å². The van der Waals surface area contributed by atoms with E-state index in [0.717, 1.165) is 29.4 Å². The van der Waals surface area contributed by atoms with E-state index in [1.54, 1.807) is 6.07 Å². The minimum Gasteiger partial charge on any atom is -0.310 e. The van der Waals surface area contributed by atoms with Crippen molar-refractivity contribution in [3.8, 4) is 0 Å². The highest BCUT2D eigenvalue weighted by Crippen LogP contribution is 2.10. The maximum Gasteiger partial charge on any atom is 0.126 e. The van der Waals surface area contributed by atoms with Crippen LogP contribution >= 0.6 is 15.9 Å². The summed E-state index contributed by atoms with van der Waals surface area (Å²) in [5.74, 6) is -0.111. The van der Waals surface area contributed by atoms with Crippen LogP contribution in [0.4, 0.5) is 4.39 Å². The molecular weight excluding hydrogens is 269 g/mol. The van der Waals surface area contributed by atoms with Gasteiger partial charge in [0, 0.05) is 17.1 Å². The minimum absolute atomic E-state index is 0.111. The third-order valence-electron chi connectivity index (χ3n) is 2.45. The van der Waals surface area contributed by atoms with Crippen LogP contribution in [0.3, 0.4) is 0 Å². The van der Waals surface area contributed by atoms with Gasteiger partial charge in [0.1, 0.15) is 5.82 Å². The molecule has 16 heavy (non-hydrogen) atoms. The first-order chi connectivity index (χ1) is 7.59. The lowest BCUT2D eigenvalue weighted by molar-refractivity contribution is 0.529. The summed E-state index contributed by atoms with van der Waals surface area (Å²) in [6, 6.07) is 7.29. The van der Waals surface area contributed by atoms with Crippen LogP contribution in [0.15, 0.2) is 35.3 Å². The molecule has 0 radical (unpaired) electrons. The minimum atomic E-state index is -0.111. The van der Waals surface area contributed by atoms with E-state index in [0.29, 0.717) is 6.04 Å². The van der Waals surface area contributed by atoms with Crippen LogP contribution in [0.2, 0.25) is 0 Å². The molecule has 1 unspecified atom stereocenters. The fraction of sp³-hybridized carbons (Fsp3) is 0.385. The predicted molar refractivity (Wildman–Crippen MR) is 70.3 cm³/mol. The smallest absolute Gasteiger partial charge is 0.126 e. The molecule has 0 aliphatic rings. The molecule has 0 heterocycles. The number of hydrogen-bond acceptors (Lipinski definition) is 1. The number of rotatable bonds is 6. The molecule has 0 bridgehead atoms. The van der Waals surface area contributed by atoms with Crippen molar-refractivity contribution in [2.45, 2.75) is 25.8 Å². The third kappa shape index (κ3) is 4.90. The van der Waals surface area contributed by atoms with Gasteiger partial charge in [0.15, 0.2) is 0 Å². The maximum absolute atomic E-state index is 13.3. The number of hydrogen-bond donors (Lipinski definition) is 1. The quantitative estimate of drug-likeness (QED) is 0.841. The zero-order valence-electron chi connectivity index (χ0n) is 9.47. The maximum atomic E-state index is 13.3. The van der Waals surface area contributed by atoms with E-state index < -0.39 is 0 Å². The Labute approximate surface area is 105 Å². The van der Waals surface area contributed by atoms with Crippen LogP contribution in [0.1, 0.15) is 18.9 Å². The van der Waals surface area contributed by atoms with Gasteiger partial charge >= 0.3 is 0 Å². The van der Waals surface area contributed by atoms with E-state index in [-0.39, 0.29) is 5.82 Å². The summed E-state index contributed by atoms with van der Waals surface area (Å²) < 4.78 is 14.2. The molecule has 88 valence electrons. The van der Waals surface area contributed by atoms with Crippen LogP contribution in [-0.2, 0) is 6.42 Å². The van der Waals surface area contributed by atoms with E-state index in [2.05, 4.69) is 34.7 Å². The van der Waals surface area contributed by atoms with Crippen molar-refractivity contribution in [2.75, 3.05) is 6.54 Å². The summed E-state index contributed by atoms with van der Waals surface area (Å²) in [5.41, 5.74) is 0.786. The van der Waals surface area contributed by atoms with Gasteiger partial charge in [-0.05, 0) is 31.4 Å². The van der Waals surface area contributed by atoms with Crippen LogP contribution in [0.5, 0.6) is 0 Å². The highest BCUT2D eigenvalue weighted by Gasteiger charge is 2.05. The molecule has 0 saturated heterocycles. The third-order valence-corrected chi connectivity index (χ3v) is 2.73. The molecule has 0 spiro atoms. The van der Waals surface area contributed by atoms with Crippen LogP contribution < -0.4 is 5.32 Å². The lowest BCUT2D eigenvalue weighted by Gasteiger charge is -2.13. The number of nitrogens with one attached hydrogen (secondary N) is 1. The van der Waals surface area contributed by atoms with E-state index >= 15 is 0 Å². The molecule has 0 fully saturated rings. The van der Waals surface area contributed by atoms with Crippen molar-refractivity contribution in [3.05, 3.63) is 46.7 Å². The zero-order valence-corrected chi connectivity index (χ0v) is 11.1. The monoisotopic (exact) mass is 285 g/mol. The molecule has 0 saturated carbocycles. The summed E-state index contributed by atoms with van der Waals surface area (Å²) in [7, 11) is 0. The highest BCUT2D eigenvalue weighted by atomic mass is 79.9. The van der Waals surface area contributed by atoms with Gasteiger partial charge in [-0.15, -0.1) is 0 Å². The summed E-state index contributed by atoms with van der Waals surface area (Å²) in [6.07, 6.45) is 1.68. The molecule has 1 atom stereocenters. The van der Waals surface area contributed by atoms with Crippen molar-refractivity contribution >= 4 is 15.9 Å². The van der Waals surface area contributed by atoms with Crippen LogP contribution in [0.25, 0.3) is 0 Å². The van der Waals surface area contributed by atoms with Gasteiger partial charge in [-0.1, -0.05) is 40.7 Å². The molecule has 1 aromatic rings. The summed E-state index contributed by atoms with van der Waals surface area (Å²) in [5, 5.41) is 3.30. The Hall–Kier alpha value is -0.670. The van der Waals surface area contributed by atoms with Gasteiger partial charge in [-0.3, -0.25) is 0 Å².